The van der Waals surface area contributed by atoms with Gasteiger partial charge in [-0.25, -0.2) is 5.48 Å². The van der Waals surface area contributed by atoms with Crippen LogP contribution in [0.1, 0.15) is 23.5 Å². The second-order valence-corrected chi connectivity index (χ2v) is 6.23. The first-order valence-electron chi connectivity index (χ1n) is 8.77. The van der Waals surface area contributed by atoms with Crippen molar-refractivity contribution in [2.75, 3.05) is 13.2 Å². The summed E-state index contributed by atoms with van der Waals surface area (Å²) in [7, 11) is 0. The lowest BCUT2D eigenvalue weighted by Gasteiger charge is -2.15. The Morgan fingerprint density at radius 2 is 2.00 bits per heavy atom. The smallest absolute Gasteiger partial charge is 0.304 e. The molecule has 0 fully saturated rings. The molecule has 0 saturated carbocycles. The fraction of sp³-hybridized carbons (Fsp3) is 0.200. The first-order valence-corrected chi connectivity index (χ1v) is 8.77. The second kappa shape index (κ2) is 8.92. The van der Waals surface area contributed by atoms with Gasteiger partial charge >= 0.3 is 5.97 Å². The Bertz CT molecular complexity index is 955. The first-order chi connectivity index (χ1) is 13.5. The van der Waals surface area contributed by atoms with Gasteiger partial charge in [-0.1, -0.05) is 30.3 Å². The molecule has 0 aliphatic carbocycles. The predicted octanol–water partition coefficient (Wildman–Crippen LogP) is 2.57. The number of benzene rings is 2. The molecule has 0 spiro atoms. The maximum atomic E-state index is 11.5. The van der Waals surface area contributed by atoms with Crippen LogP contribution in [-0.4, -0.2) is 35.2 Å². The lowest BCUT2D eigenvalue weighted by molar-refractivity contribution is -0.137. The zero-order chi connectivity index (χ0) is 19.9. The maximum Gasteiger partial charge on any atom is 0.304 e. The monoisotopic (exact) mass is 382 g/mol. The number of carboxylic acids is 1. The molecular weight excluding hydrogens is 360 g/mol. The summed E-state index contributed by atoms with van der Waals surface area (Å²) < 4.78 is 5.68. The van der Waals surface area contributed by atoms with Crippen LogP contribution < -0.4 is 16.0 Å². The van der Waals surface area contributed by atoms with Gasteiger partial charge in [0.05, 0.1) is 6.42 Å². The molecule has 1 aromatic heterocycles. The van der Waals surface area contributed by atoms with Gasteiger partial charge in [0.1, 0.15) is 19.0 Å². The van der Waals surface area contributed by atoms with Crippen LogP contribution in [0.2, 0.25) is 0 Å². The number of rotatable bonds is 9. The Kier molecular flexibility index (Phi) is 6.13. The normalized spacial score (nSPS) is 11.9. The minimum Gasteiger partial charge on any atom is -0.491 e. The number of fused-ring (bicyclic) bond motifs is 1. The quantitative estimate of drug-likeness (QED) is 0.167. The molecule has 1 heterocycles. The van der Waals surface area contributed by atoms with Crippen LogP contribution in [-0.2, 0) is 9.63 Å². The number of guanidine groups is 1. The molecule has 1 atom stereocenters. The Morgan fingerprint density at radius 1 is 1.21 bits per heavy atom. The highest BCUT2D eigenvalue weighted by atomic mass is 16.7. The molecule has 0 bridgehead atoms. The van der Waals surface area contributed by atoms with E-state index in [2.05, 4.69) is 10.5 Å². The van der Waals surface area contributed by atoms with Crippen LogP contribution >= 0.6 is 0 Å². The molecule has 3 rings (SSSR count). The number of hydrogen-bond donors (Lipinski definition) is 5. The standard InChI is InChI=1S/C20H22N4O4/c21-20(22)24-28-9-8-27-14-6-7-18-16(10-14)17(12-23-18)15(11-19(25)26)13-4-2-1-3-5-13/h1-7,10,12,15,23H,8-9,11H2,(H,25,26)(H4,21,22,24). The number of H-pyrrole nitrogens is 1. The summed E-state index contributed by atoms with van der Waals surface area (Å²) in [6, 6.07) is 15.2. The first kappa shape index (κ1) is 19.2. The molecular formula is C20H22N4O4. The third kappa shape index (κ3) is 4.80. The number of aliphatic carboxylic acids is 1. The zero-order valence-corrected chi connectivity index (χ0v) is 15.1. The Labute approximate surface area is 161 Å². The van der Waals surface area contributed by atoms with E-state index in [0.717, 1.165) is 22.0 Å². The Morgan fingerprint density at radius 3 is 2.71 bits per heavy atom. The molecule has 6 N–H and O–H groups in total. The van der Waals surface area contributed by atoms with Gasteiger partial charge in [0.2, 0.25) is 5.96 Å². The van der Waals surface area contributed by atoms with Crippen molar-refractivity contribution in [3.8, 4) is 5.75 Å². The average molecular weight is 382 g/mol. The van der Waals surface area contributed by atoms with E-state index in [4.69, 9.17) is 20.7 Å². The van der Waals surface area contributed by atoms with Crippen LogP contribution in [0, 0.1) is 5.41 Å². The third-order valence-electron chi connectivity index (χ3n) is 4.28. The van der Waals surface area contributed by atoms with E-state index in [0.29, 0.717) is 5.75 Å². The summed E-state index contributed by atoms with van der Waals surface area (Å²) in [4.78, 5) is 19.6. The van der Waals surface area contributed by atoms with Crippen molar-refractivity contribution in [2.45, 2.75) is 12.3 Å². The van der Waals surface area contributed by atoms with Crippen LogP contribution in [0.15, 0.2) is 54.7 Å². The molecule has 146 valence electrons. The van der Waals surface area contributed by atoms with Gasteiger partial charge in [-0.15, -0.1) is 0 Å². The van der Waals surface area contributed by atoms with Crippen molar-refractivity contribution in [2.24, 2.45) is 5.73 Å². The summed E-state index contributed by atoms with van der Waals surface area (Å²) in [5.41, 5.74) is 10.1. The summed E-state index contributed by atoms with van der Waals surface area (Å²) in [5.74, 6) is -0.762. The SMILES string of the molecule is N=C(N)NOCCOc1ccc2[nH]cc(C(CC(=O)O)c3ccccc3)c2c1. The van der Waals surface area contributed by atoms with E-state index in [-0.39, 0.29) is 31.5 Å². The largest absolute Gasteiger partial charge is 0.491 e. The van der Waals surface area contributed by atoms with Gasteiger partial charge in [-0.2, -0.15) is 0 Å². The lowest BCUT2D eigenvalue weighted by Crippen LogP contribution is -2.31. The molecule has 0 saturated heterocycles. The Balaban J connectivity index is 1.82. The third-order valence-corrected chi connectivity index (χ3v) is 4.28. The maximum absolute atomic E-state index is 11.5. The van der Waals surface area contributed by atoms with Gasteiger partial charge in [0.25, 0.3) is 0 Å². The van der Waals surface area contributed by atoms with Crippen molar-refractivity contribution in [1.29, 1.82) is 5.41 Å². The van der Waals surface area contributed by atoms with Crippen molar-refractivity contribution in [1.82, 2.24) is 10.5 Å². The van der Waals surface area contributed by atoms with Gasteiger partial charge in [-0.05, 0) is 29.3 Å². The van der Waals surface area contributed by atoms with E-state index < -0.39 is 5.97 Å². The van der Waals surface area contributed by atoms with Gasteiger partial charge in [-0.3, -0.25) is 15.0 Å². The van der Waals surface area contributed by atoms with Crippen molar-refractivity contribution < 1.29 is 19.5 Å². The Hall–Kier alpha value is -3.52. The summed E-state index contributed by atoms with van der Waals surface area (Å²) in [6.07, 6.45) is 1.85. The number of carbonyl (C=O) groups is 1. The van der Waals surface area contributed by atoms with E-state index in [1.807, 2.05) is 54.7 Å². The molecule has 3 aromatic rings. The highest BCUT2D eigenvalue weighted by molar-refractivity contribution is 5.86. The van der Waals surface area contributed by atoms with Crippen molar-refractivity contribution >= 4 is 22.8 Å². The fourth-order valence-corrected chi connectivity index (χ4v) is 3.10. The van der Waals surface area contributed by atoms with E-state index in [1.54, 1.807) is 0 Å². The number of hydrogen-bond acceptors (Lipinski definition) is 4. The minimum absolute atomic E-state index is 0.00733. The zero-order valence-electron chi connectivity index (χ0n) is 15.1. The second-order valence-electron chi connectivity index (χ2n) is 6.23. The van der Waals surface area contributed by atoms with E-state index in [9.17, 15) is 9.90 Å². The number of ether oxygens (including phenoxy) is 1. The van der Waals surface area contributed by atoms with Gasteiger partial charge in [0.15, 0.2) is 0 Å². The van der Waals surface area contributed by atoms with Crippen LogP contribution in [0.5, 0.6) is 5.75 Å². The summed E-state index contributed by atoms with van der Waals surface area (Å²) in [5, 5.41) is 17.3. The fourth-order valence-electron chi connectivity index (χ4n) is 3.10. The number of carboxylic acid groups (broad SMARTS) is 1. The topological polar surface area (TPSA) is 133 Å². The number of aromatic nitrogens is 1. The summed E-state index contributed by atoms with van der Waals surface area (Å²) >= 11 is 0. The molecule has 0 radical (unpaired) electrons. The van der Waals surface area contributed by atoms with E-state index in [1.165, 1.54) is 0 Å². The highest BCUT2D eigenvalue weighted by Crippen LogP contribution is 2.34. The number of aromatic amines is 1. The molecule has 0 amide bonds. The van der Waals surface area contributed by atoms with E-state index >= 15 is 0 Å². The van der Waals surface area contributed by atoms with Crippen LogP contribution in [0.3, 0.4) is 0 Å². The van der Waals surface area contributed by atoms with Crippen molar-refractivity contribution in [3.63, 3.8) is 0 Å². The molecule has 1 unspecified atom stereocenters. The minimum atomic E-state index is -0.856. The van der Waals surface area contributed by atoms with Crippen molar-refractivity contribution in [3.05, 3.63) is 65.9 Å². The molecule has 2 aromatic carbocycles. The molecule has 8 nitrogen and oxygen atoms in total. The molecule has 0 aliphatic heterocycles. The average Bonchev–Trinajstić information content (AvgIpc) is 3.09. The molecule has 28 heavy (non-hydrogen) atoms. The highest BCUT2D eigenvalue weighted by Gasteiger charge is 2.21. The number of nitrogens with one attached hydrogen (secondary N) is 3. The van der Waals surface area contributed by atoms with Crippen LogP contribution in [0.4, 0.5) is 0 Å². The summed E-state index contributed by atoms with van der Waals surface area (Å²) in [6.45, 7) is 0.478. The van der Waals surface area contributed by atoms with Gasteiger partial charge < -0.3 is 20.6 Å². The van der Waals surface area contributed by atoms with Gasteiger partial charge in [0, 0.05) is 23.0 Å². The predicted molar refractivity (Wildman–Crippen MR) is 105 cm³/mol. The molecule has 8 heteroatoms. The number of hydroxylamine groups is 1. The number of nitrogens with two attached hydrogens (primary N) is 1. The lowest BCUT2D eigenvalue weighted by atomic mass is 9.88. The molecule has 0 aliphatic rings. The van der Waals surface area contributed by atoms with Crippen LogP contribution in [0.25, 0.3) is 10.9 Å².